The highest BCUT2D eigenvalue weighted by atomic mass is 35.5. The summed E-state index contributed by atoms with van der Waals surface area (Å²) in [6.45, 7) is 1.14. The summed E-state index contributed by atoms with van der Waals surface area (Å²) in [6, 6.07) is 4.63. The van der Waals surface area contributed by atoms with Gasteiger partial charge in [0.1, 0.15) is 5.82 Å². The zero-order chi connectivity index (χ0) is 12.0. The highest BCUT2D eigenvalue weighted by Gasteiger charge is 2.04. The van der Waals surface area contributed by atoms with E-state index in [-0.39, 0.29) is 11.3 Å². The van der Waals surface area contributed by atoms with E-state index in [2.05, 4.69) is 5.32 Å². The lowest BCUT2D eigenvalue weighted by atomic mass is 10.2. The fourth-order valence-electron chi connectivity index (χ4n) is 1.25. The van der Waals surface area contributed by atoms with Crippen LogP contribution in [0.5, 0.6) is 0 Å². The lowest BCUT2D eigenvalue weighted by Gasteiger charge is -2.14. The molecule has 0 saturated carbocycles. The summed E-state index contributed by atoms with van der Waals surface area (Å²) in [6.07, 6.45) is -0.282. The van der Waals surface area contributed by atoms with Gasteiger partial charge in [0.15, 0.2) is 6.29 Å². The Bertz CT molecular complexity index is 332. The molecule has 0 saturated heterocycles. The molecule has 0 bridgehead atoms. The van der Waals surface area contributed by atoms with Gasteiger partial charge in [-0.25, -0.2) is 4.39 Å². The molecule has 1 aromatic carbocycles. The second-order valence-electron chi connectivity index (χ2n) is 3.28. The lowest BCUT2D eigenvalue weighted by Crippen LogP contribution is -2.29. The summed E-state index contributed by atoms with van der Waals surface area (Å²) in [5, 5.41) is 3.25. The zero-order valence-corrected chi connectivity index (χ0v) is 10.1. The molecule has 0 heterocycles. The van der Waals surface area contributed by atoms with Crippen LogP contribution in [0.15, 0.2) is 18.2 Å². The van der Waals surface area contributed by atoms with Crippen LogP contribution in [0.25, 0.3) is 0 Å². The van der Waals surface area contributed by atoms with Gasteiger partial charge in [0.05, 0.1) is 5.02 Å². The molecule has 90 valence electrons. The fraction of sp³-hybridized carbons (Fsp3) is 0.455. The van der Waals surface area contributed by atoms with E-state index in [1.807, 2.05) is 0 Å². The Morgan fingerprint density at radius 3 is 2.62 bits per heavy atom. The molecule has 0 aromatic heterocycles. The molecule has 0 aliphatic heterocycles. The number of nitrogens with one attached hydrogen (secondary N) is 1. The SMILES string of the molecule is COC(CNCc1ccc(F)c(Cl)c1)OC. The van der Waals surface area contributed by atoms with Crippen molar-refractivity contribution in [3.05, 3.63) is 34.6 Å². The summed E-state index contributed by atoms with van der Waals surface area (Å²) >= 11 is 5.66. The summed E-state index contributed by atoms with van der Waals surface area (Å²) in [5.74, 6) is -0.405. The van der Waals surface area contributed by atoms with Gasteiger partial charge in [-0.3, -0.25) is 0 Å². The van der Waals surface area contributed by atoms with Crippen LogP contribution < -0.4 is 5.32 Å². The van der Waals surface area contributed by atoms with E-state index in [9.17, 15) is 4.39 Å². The van der Waals surface area contributed by atoms with Gasteiger partial charge < -0.3 is 14.8 Å². The van der Waals surface area contributed by atoms with Crippen LogP contribution >= 0.6 is 11.6 Å². The average molecular weight is 248 g/mol. The predicted molar refractivity (Wildman–Crippen MR) is 60.9 cm³/mol. The van der Waals surface area contributed by atoms with Gasteiger partial charge in [0, 0.05) is 27.3 Å². The number of ether oxygens (including phenoxy) is 2. The second-order valence-corrected chi connectivity index (χ2v) is 3.69. The van der Waals surface area contributed by atoms with Gasteiger partial charge in [-0.2, -0.15) is 0 Å². The summed E-state index contributed by atoms with van der Waals surface area (Å²) in [4.78, 5) is 0. The minimum absolute atomic E-state index is 0.134. The standard InChI is InChI=1S/C11H15ClFNO2/c1-15-11(16-2)7-14-6-8-3-4-10(13)9(12)5-8/h3-5,11,14H,6-7H2,1-2H3. The molecular formula is C11H15ClFNO2. The van der Waals surface area contributed by atoms with Crippen molar-refractivity contribution in [1.82, 2.24) is 5.32 Å². The number of benzene rings is 1. The number of methoxy groups -OCH3 is 2. The highest BCUT2D eigenvalue weighted by Crippen LogP contribution is 2.15. The molecule has 0 unspecified atom stereocenters. The Hall–Kier alpha value is -0.680. The molecule has 0 atom stereocenters. The van der Waals surface area contributed by atoms with Crippen LogP contribution in [-0.4, -0.2) is 27.1 Å². The van der Waals surface area contributed by atoms with Crippen molar-refractivity contribution >= 4 is 11.6 Å². The molecule has 0 aliphatic rings. The normalized spacial score (nSPS) is 11.1. The first-order valence-corrected chi connectivity index (χ1v) is 5.25. The minimum Gasteiger partial charge on any atom is -0.355 e. The molecule has 0 radical (unpaired) electrons. The van der Waals surface area contributed by atoms with E-state index in [1.54, 1.807) is 26.4 Å². The molecular weight excluding hydrogens is 233 g/mol. The average Bonchev–Trinajstić information content (AvgIpc) is 2.29. The quantitative estimate of drug-likeness (QED) is 0.782. The van der Waals surface area contributed by atoms with Crippen molar-refractivity contribution in [1.29, 1.82) is 0 Å². The molecule has 0 aliphatic carbocycles. The maximum atomic E-state index is 12.9. The third-order valence-corrected chi connectivity index (χ3v) is 2.44. The maximum Gasteiger partial charge on any atom is 0.169 e. The van der Waals surface area contributed by atoms with Crippen molar-refractivity contribution in [2.45, 2.75) is 12.8 Å². The van der Waals surface area contributed by atoms with Gasteiger partial charge >= 0.3 is 0 Å². The molecule has 0 amide bonds. The molecule has 0 spiro atoms. The maximum absolute atomic E-state index is 12.9. The molecule has 1 N–H and O–H groups in total. The van der Waals surface area contributed by atoms with Crippen LogP contribution in [-0.2, 0) is 16.0 Å². The van der Waals surface area contributed by atoms with Crippen LogP contribution in [0.1, 0.15) is 5.56 Å². The molecule has 1 rings (SSSR count). The van der Waals surface area contributed by atoms with Crippen LogP contribution in [0.2, 0.25) is 5.02 Å². The Morgan fingerprint density at radius 2 is 2.06 bits per heavy atom. The van der Waals surface area contributed by atoms with Crippen molar-refractivity contribution in [3.8, 4) is 0 Å². The van der Waals surface area contributed by atoms with Crippen LogP contribution in [0.3, 0.4) is 0 Å². The summed E-state index contributed by atoms with van der Waals surface area (Å²) in [5.41, 5.74) is 0.914. The van der Waals surface area contributed by atoms with Crippen molar-refractivity contribution < 1.29 is 13.9 Å². The van der Waals surface area contributed by atoms with E-state index in [0.29, 0.717) is 13.1 Å². The summed E-state index contributed by atoms with van der Waals surface area (Å²) in [7, 11) is 3.15. The molecule has 0 fully saturated rings. The Balaban J connectivity index is 2.40. The van der Waals surface area contributed by atoms with Gasteiger partial charge in [-0.15, -0.1) is 0 Å². The molecule has 16 heavy (non-hydrogen) atoms. The fourth-order valence-corrected chi connectivity index (χ4v) is 1.45. The van der Waals surface area contributed by atoms with Crippen molar-refractivity contribution in [2.75, 3.05) is 20.8 Å². The third-order valence-electron chi connectivity index (χ3n) is 2.15. The van der Waals surface area contributed by atoms with Crippen LogP contribution in [0, 0.1) is 5.82 Å². The predicted octanol–water partition coefficient (Wildman–Crippen LogP) is 2.19. The molecule has 3 nitrogen and oxygen atoms in total. The van der Waals surface area contributed by atoms with E-state index >= 15 is 0 Å². The first-order chi connectivity index (χ1) is 7.67. The van der Waals surface area contributed by atoms with E-state index in [1.165, 1.54) is 6.07 Å². The van der Waals surface area contributed by atoms with Gasteiger partial charge in [0.2, 0.25) is 0 Å². The first-order valence-electron chi connectivity index (χ1n) is 4.87. The molecule has 1 aromatic rings. The van der Waals surface area contributed by atoms with Crippen molar-refractivity contribution in [2.24, 2.45) is 0 Å². The zero-order valence-electron chi connectivity index (χ0n) is 9.30. The van der Waals surface area contributed by atoms with E-state index < -0.39 is 5.82 Å². The number of rotatable bonds is 6. The highest BCUT2D eigenvalue weighted by molar-refractivity contribution is 6.30. The third kappa shape index (κ3) is 4.06. The van der Waals surface area contributed by atoms with Gasteiger partial charge in [0.25, 0.3) is 0 Å². The Labute approximate surface area is 99.5 Å². The number of hydrogen-bond acceptors (Lipinski definition) is 3. The Morgan fingerprint density at radius 1 is 1.38 bits per heavy atom. The van der Waals surface area contributed by atoms with Gasteiger partial charge in [-0.1, -0.05) is 17.7 Å². The topological polar surface area (TPSA) is 30.5 Å². The largest absolute Gasteiger partial charge is 0.355 e. The monoisotopic (exact) mass is 247 g/mol. The number of halogens is 2. The smallest absolute Gasteiger partial charge is 0.169 e. The van der Waals surface area contributed by atoms with Crippen LogP contribution in [0.4, 0.5) is 4.39 Å². The van der Waals surface area contributed by atoms with Crippen molar-refractivity contribution in [3.63, 3.8) is 0 Å². The van der Waals surface area contributed by atoms with E-state index in [0.717, 1.165) is 5.56 Å². The van der Waals surface area contributed by atoms with Gasteiger partial charge in [-0.05, 0) is 17.7 Å². The second kappa shape index (κ2) is 6.81. The van der Waals surface area contributed by atoms with E-state index in [4.69, 9.17) is 21.1 Å². The minimum atomic E-state index is -0.405. The lowest BCUT2D eigenvalue weighted by molar-refractivity contribution is -0.0989. The molecule has 5 heteroatoms. The first kappa shape index (κ1) is 13.4. The summed E-state index contributed by atoms with van der Waals surface area (Å²) < 4.78 is 22.9. The Kier molecular flexibility index (Phi) is 5.69. The number of hydrogen-bond donors (Lipinski definition) is 1.